The van der Waals surface area contributed by atoms with E-state index in [0.29, 0.717) is 17.2 Å². The van der Waals surface area contributed by atoms with Crippen LogP contribution >= 0.6 is 0 Å². The van der Waals surface area contributed by atoms with Gasteiger partial charge < -0.3 is 15.4 Å². The number of carbonyl (C=O) groups excluding carboxylic acids is 2. The Balaban J connectivity index is 1.72. The molecule has 166 valence electrons. The van der Waals surface area contributed by atoms with Gasteiger partial charge in [0.15, 0.2) is 11.6 Å². The average molecular weight is 442 g/mol. The molecule has 0 bridgehead atoms. The van der Waals surface area contributed by atoms with Crippen molar-refractivity contribution in [2.45, 2.75) is 37.5 Å². The molecule has 0 heterocycles. The molecule has 1 aliphatic rings. The molecule has 31 heavy (non-hydrogen) atoms. The molecule has 1 fully saturated rings. The molecular weight excluding hydrogens is 423 g/mol. The molecule has 2 N–H and O–H groups in total. The Bertz CT molecular complexity index is 1000. The molecule has 0 radical (unpaired) electrons. The largest absolute Gasteiger partial charge is 0.493 e. The molecule has 1 saturated carbocycles. The maximum absolute atomic E-state index is 13.9. The molecule has 10 heteroatoms. The van der Waals surface area contributed by atoms with Crippen molar-refractivity contribution in [3.8, 4) is 16.9 Å². The van der Waals surface area contributed by atoms with Crippen LogP contribution in [0.4, 0.5) is 22.0 Å². The van der Waals surface area contributed by atoms with Gasteiger partial charge in [0.05, 0.1) is 13.2 Å². The molecule has 1 atom stereocenters. The summed E-state index contributed by atoms with van der Waals surface area (Å²) < 4.78 is 70.0. The third-order valence-corrected chi connectivity index (χ3v) is 5.08. The van der Waals surface area contributed by atoms with Gasteiger partial charge in [-0.05, 0) is 37.0 Å². The molecular formula is C21H19F5N2O3. The minimum atomic E-state index is -5.07. The van der Waals surface area contributed by atoms with Gasteiger partial charge in [0, 0.05) is 11.6 Å². The monoisotopic (exact) mass is 442 g/mol. The Morgan fingerprint density at radius 2 is 1.71 bits per heavy atom. The van der Waals surface area contributed by atoms with E-state index in [4.69, 9.17) is 4.74 Å². The van der Waals surface area contributed by atoms with Gasteiger partial charge in [-0.1, -0.05) is 24.3 Å². The lowest BCUT2D eigenvalue weighted by Crippen LogP contribution is -2.52. The number of rotatable bonds is 6. The fourth-order valence-corrected chi connectivity index (χ4v) is 3.17. The number of methoxy groups -OCH3 is 1. The Kier molecular flexibility index (Phi) is 5.93. The van der Waals surface area contributed by atoms with Crippen LogP contribution in [-0.4, -0.2) is 30.6 Å². The topological polar surface area (TPSA) is 67.4 Å². The second-order valence-corrected chi connectivity index (χ2v) is 7.32. The van der Waals surface area contributed by atoms with Crippen molar-refractivity contribution < 1.29 is 36.3 Å². The van der Waals surface area contributed by atoms with E-state index in [1.54, 1.807) is 36.5 Å². The Hall–Kier alpha value is -3.17. The smallest absolute Gasteiger partial charge is 0.471 e. The number of nitrogens with one attached hydrogen (secondary N) is 2. The highest BCUT2D eigenvalue weighted by Crippen LogP contribution is 2.38. The number of benzene rings is 2. The molecule has 2 aromatic carbocycles. The molecule has 0 unspecified atom stereocenters. The highest BCUT2D eigenvalue weighted by molar-refractivity contribution is 5.95. The highest BCUT2D eigenvalue weighted by Gasteiger charge is 2.55. The number of halogens is 5. The lowest BCUT2D eigenvalue weighted by atomic mass is 10.00. The van der Waals surface area contributed by atoms with Crippen LogP contribution in [0.15, 0.2) is 36.4 Å². The summed E-state index contributed by atoms with van der Waals surface area (Å²) in [6.07, 6.45) is -4.86. The van der Waals surface area contributed by atoms with Crippen LogP contribution in [0.1, 0.15) is 31.4 Å². The van der Waals surface area contributed by atoms with Crippen LogP contribution < -0.4 is 15.4 Å². The molecule has 0 aromatic heterocycles. The minimum absolute atomic E-state index is 0.108. The SMILES string of the molecule is COc1c(F)cc(F)cc1-c1ccc([C@@H](C)NC(=O)C2(NC(=O)C(F)(F)F)CC2)cc1. The Labute approximate surface area is 174 Å². The average Bonchev–Trinajstić information content (AvgIpc) is 3.47. The number of hydrogen-bond donors (Lipinski definition) is 2. The van der Waals surface area contributed by atoms with Crippen molar-refractivity contribution in [2.24, 2.45) is 0 Å². The summed E-state index contributed by atoms with van der Waals surface area (Å²) in [4.78, 5) is 23.6. The molecule has 3 rings (SSSR count). The molecule has 5 nitrogen and oxygen atoms in total. The van der Waals surface area contributed by atoms with Crippen molar-refractivity contribution >= 4 is 11.8 Å². The molecule has 2 amide bonds. The summed E-state index contributed by atoms with van der Waals surface area (Å²) in [5.41, 5.74) is -0.290. The van der Waals surface area contributed by atoms with Gasteiger partial charge in [0.25, 0.3) is 0 Å². The molecule has 0 saturated heterocycles. The van der Waals surface area contributed by atoms with Crippen LogP contribution in [0.5, 0.6) is 5.75 Å². The lowest BCUT2D eigenvalue weighted by molar-refractivity contribution is -0.175. The quantitative estimate of drug-likeness (QED) is 0.664. The Morgan fingerprint density at radius 3 is 2.23 bits per heavy atom. The zero-order chi connectivity index (χ0) is 23.0. The van der Waals surface area contributed by atoms with E-state index in [9.17, 15) is 31.5 Å². The fourth-order valence-electron chi connectivity index (χ4n) is 3.17. The van der Waals surface area contributed by atoms with Gasteiger partial charge in [0.1, 0.15) is 11.4 Å². The van der Waals surface area contributed by atoms with E-state index in [1.165, 1.54) is 7.11 Å². The second-order valence-electron chi connectivity index (χ2n) is 7.32. The van der Waals surface area contributed by atoms with Crippen LogP contribution in [0.3, 0.4) is 0 Å². The number of amides is 2. The normalized spacial score (nSPS) is 15.7. The number of ether oxygens (including phenoxy) is 1. The fraction of sp³-hybridized carbons (Fsp3) is 0.333. The van der Waals surface area contributed by atoms with Gasteiger partial charge >= 0.3 is 12.1 Å². The second kappa shape index (κ2) is 8.16. The van der Waals surface area contributed by atoms with E-state index in [2.05, 4.69) is 5.32 Å². The lowest BCUT2D eigenvalue weighted by Gasteiger charge is -2.22. The summed E-state index contributed by atoms with van der Waals surface area (Å²) in [6, 6.07) is 7.61. The zero-order valence-electron chi connectivity index (χ0n) is 16.6. The van der Waals surface area contributed by atoms with Crippen LogP contribution in [0.25, 0.3) is 11.1 Å². The van der Waals surface area contributed by atoms with Gasteiger partial charge in [0.2, 0.25) is 5.91 Å². The molecule has 0 aliphatic heterocycles. The van der Waals surface area contributed by atoms with Crippen molar-refractivity contribution in [2.75, 3.05) is 7.11 Å². The number of carbonyl (C=O) groups is 2. The standard InChI is InChI=1S/C21H19F5N2O3/c1-11(27-18(29)20(7-8-20)28-19(30)21(24,25)26)12-3-5-13(6-4-12)15-9-14(22)10-16(23)17(15)31-2/h3-6,9-11H,7-8H2,1-2H3,(H,27,29)(H,28,30)/t11-/m1/s1. The summed E-state index contributed by atoms with van der Waals surface area (Å²) in [5, 5.41) is 4.35. The van der Waals surface area contributed by atoms with Gasteiger partial charge in [-0.2, -0.15) is 13.2 Å². The van der Waals surface area contributed by atoms with Crippen molar-refractivity contribution in [3.05, 3.63) is 53.6 Å². The summed E-state index contributed by atoms with van der Waals surface area (Å²) in [7, 11) is 1.26. The van der Waals surface area contributed by atoms with Crippen molar-refractivity contribution in [1.82, 2.24) is 10.6 Å². The van der Waals surface area contributed by atoms with E-state index >= 15 is 0 Å². The van der Waals surface area contributed by atoms with Crippen LogP contribution in [0, 0.1) is 11.6 Å². The van der Waals surface area contributed by atoms with E-state index < -0.39 is 41.2 Å². The maximum atomic E-state index is 13.9. The van der Waals surface area contributed by atoms with Crippen molar-refractivity contribution in [3.63, 3.8) is 0 Å². The first kappa shape index (κ1) is 22.5. The predicted molar refractivity (Wildman–Crippen MR) is 101 cm³/mol. The van der Waals surface area contributed by atoms with E-state index in [0.717, 1.165) is 6.07 Å². The highest BCUT2D eigenvalue weighted by atomic mass is 19.4. The van der Waals surface area contributed by atoms with E-state index in [-0.39, 0.29) is 24.2 Å². The first-order valence-electron chi connectivity index (χ1n) is 9.30. The number of alkyl halides is 3. The third kappa shape index (κ3) is 4.78. The first-order chi connectivity index (χ1) is 14.5. The Morgan fingerprint density at radius 1 is 1.10 bits per heavy atom. The zero-order valence-corrected chi connectivity index (χ0v) is 16.6. The van der Waals surface area contributed by atoms with Crippen LogP contribution in [0.2, 0.25) is 0 Å². The summed E-state index contributed by atoms with van der Waals surface area (Å²) >= 11 is 0. The molecule has 1 aliphatic carbocycles. The van der Waals surface area contributed by atoms with Gasteiger partial charge in [-0.15, -0.1) is 0 Å². The molecule has 0 spiro atoms. The van der Waals surface area contributed by atoms with Crippen LogP contribution in [-0.2, 0) is 9.59 Å². The molecule has 2 aromatic rings. The third-order valence-electron chi connectivity index (χ3n) is 5.08. The summed E-state index contributed by atoms with van der Waals surface area (Å²) in [5.74, 6) is -4.61. The first-order valence-corrected chi connectivity index (χ1v) is 9.30. The predicted octanol–water partition coefficient (Wildman–Crippen LogP) is 4.03. The summed E-state index contributed by atoms with van der Waals surface area (Å²) in [6.45, 7) is 1.62. The van der Waals surface area contributed by atoms with E-state index in [1.807, 2.05) is 0 Å². The van der Waals surface area contributed by atoms with Gasteiger partial charge in [-0.3, -0.25) is 9.59 Å². The minimum Gasteiger partial charge on any atom is -0.493 e. The van der Waals surface area contributed by atoms with Gasteiger partial charge in [-0.25, -0.2) is 8.78 Å². The van der Waals surface area contributed by atoms with Crippen molar-refractivity contribution in [1.29, 1.82) is 0 Å². The maximum Gasteiger partial charge on any atom is 0.471 e. The number of hydrogen-bond acceptors (Lipinski definition) is 3.